The fraction of sp³-hybridized carbons (Fsp3) is 0.462. The molecule has 1 atom stereocenters. The van der Waals surface area contributed by atoms with Crippen LogP contribution in [0.3, 0.4) is 0 Å². The van der Waals surface area contributed by atoms with Gasteiger partial charge in [-0.15, -0.1) is 0 Å². The first kappa shape index (κ1) is 13.2. The van der Waals surface area contributed by atoms with Crippen molar-refractivity contribution in [1.82, 2.24) is 0 Å². The standard InChI is InChI=1S/C13H17ClN2O2/c14-9-3-4-11(13(15)16)12(8-9)18-7-5-10-2-1-6-17-10/h3-4,8,10H,1-2,5-7H2,(H3,15,16). The lowest BCUT2D eigenvalue weighted by molar-refractivity contribution is 0.0903. The van der Waals surface area contributed by atoms with Crippen LogP contribution in [0, 0.1) is 5.41 Å². The number of amidine groups is 1. The molecule has 1 heterocycles. The first-order valence-corrected chi connectivity index (χ1v) is 6.43. The highest BCUT2D eigenvalue weighted by molar-refractivity contribution is 6.30. The molecule has 2 rings (SSSR count). The van der Waals surface area contributed by atoms with E-state index < -0.39 is 0 Å². The summed E-state index contributed by atoms with van der Waals surface area (Å²) in [5.41, 5.74) is 6.07. The van der Waals surface area contributed by atoms with E-state index in [4.69, 9.17) is 32.2 Å². The average Bonchev–Trinajstić information content (AvgIpc) is 2.82. The topological polar surface area (TPSA) is 68.3 Å². The van der Waals surface area contributed by atoms with Crippen LogP contribution < -0.4 is 10.5 Å². The van der Waals surface area contributed by atoms with Crippen molar-refractivity contribution in [2.45, 2.75) is 25.4 Å². The summed E-state index contributed by atoms with van der Waals surface area (Å²) in [5, 5.41) is 8.06. The molecule has 98 valence electrons. The second kappa shape index (κ2) is 6.07. The van der Waals surface area contributed by atoms with Crippen molar-refractivity contribution in [3.63, 3.8) is 0 Å². The SMILES string of the molecule is N=C(N)c1ccc(Cl)cc1OCCC1CCCO1. The quantitative estimate of drug-likeness (QED) is 0.637. The number of benzene rings is 1. The van der Waals surface area contributed by atoms with E-state index in [2.05, 4.69) is 0 Å². The molecule has 18 heavy (non-hydrogen) atoms. The Morgan fingerprint density at radius 1 is 1.56 bits per heavy atom. The van der Waals surface area contributed by atoms with E-state index in [1.54, 1.807) is 18.2 Å². The smallest absolute Gasteiger partial charge is 0.131 e. The van der Waals surface area contributed by atoms with E-state index in [9.17, 15) is 0 Å². The van der Waals surface area contributed by atoms with E-state index in [1.165, 1.54) is 0 Å². The van der Waals surface area contributed by atoms with Crippen molar-refractivity contribution in [3.8, 4) is 5.75 Å². The number of rotatable bonds is 5. The van der Waals surface area contributed by atoms with Gasteiger partial charge in [-0.1, -0.05) is 11.6 Å². The van der Waals surface area contributed by atoms with Gasteiger partial charge in [0, 0.05) is 18.1 Å². The number of halogens is 1. The molecule has 0 spiro atoms. The number of hydrogen-bond donors (Lipinski definition) is 2. The summed E-state index contributed by atoms with van der Waals surface area (Å²) >= 11 is 5.91. The van der Waals surface area contributed by atoms with Gasteiger partial charge in [-0.2, -0.15) is 0 Å². The van der Waals surface area contributed by atoms with E-state index in [-0.39, 0.29) is 5.84 Å². The molecule has 0 saturated carbocycles. The number of nitrogens with two attached hydrogens (primary N) is 1. The van der Waals surface area contributed by atoms with Crippen LogP contribution >= 0.6 is 11.6 Å². The minimum atomic E-state index is -0.0150. The van der Waals surface area contributed by atoms with Gasteiger partial charge < -0.3 is 15.2 Å². The Labute approximate surface area is 112 Å². The molecule has 0 aromatic heterocycles. The van der Waals surface area contributed by atoms with Crippen molar-refractivity contribution in [1.29, 1.82) is 5.41 Å². The normalized spacial score (nSPS) is 18.8. The van der Waals surface area contributed by atoms with E-state index in [1.807, 2.05) is 0 Å². The minimum Gasteiger partial charge on any atom is -0.493 e. The fourth-order valence-corrected chi connectivity index (χ4v) is 2.17. The van der Waals surface area contributed by atoms with Crippen LogP contribution in [0.1, 0.15) is 24.8 Å². The van der Waals surface area contributed by atoms with Gasteiger partial charge in [0.2, 0.25) is 0 Å². The molecule has 0 aliphatic carbocycles. The first-order chi connectivity index (χ1) is 8.66. The van der Waals surface area contributed by atoms with Gasteiger partial charge in [0.05, 0.1) is 18.3 Å². The summed E-state index contributed by atoms with van der Waals surface area (Å²) in [4.78, 5) is 0. The Kier molecular flexibility index (Phi) is 4.44. The highest BCUT2D eigenvalue weighted by atomic mass is 35.5. The van der Waals surface area contributed by atoms with E-state index in [0.717, 1.165) is 25.9 Å². The second-order valence-electron chi connectivity index (χ2n) is 4.33. The van der Waals surface area contributed by atoms with Gasteiger partial charge in [-0.3, -0.25) is 5.41 Å². The molecule has 5 heteroatoms. The molecule has 1 unspecified atom stereocenters. The van der Waals surface area contributed by atoms with Crippen LogP contribution in [0.2, 0.25) is 5.02 Å². The Morgan fingerprint density at radius 2 is 2.39 bits per heavy atom. The van der Waals surface area contributed by atoms with Crippen LogP contribution in [0.15, 0.2) is 18.2 Å². The molecule has 0 radical (unpaired) electrons. The predicted octanol–water partition coefficient (Wildman–Crippen LogP) is 2.57. The number of hydrogen-bond acceptors (Lipinski definition) is 3. The Bertz CT molecular complexity index is 431. The van der Waals surface area contributed by atoms with Crippen LogP contribution in [0.4, 0.5) is 0 Å². The second-order valence-corrected chi connectivity index (χ2v) is 4.76. The summed E-state index contributed by atoms with van der Waals surface area (Å²) in [6, 6.07) is 5.09. The maximum absolute atomic E-state index is 7.48. The molecule has 1 aromatic rings. The van der Waals surface area contributed by atoms with E-state index >= 15 is 0 Å². The van der Waals surface area contributed by atoms with Gasteiger partial charge >= 0.3 is 0 Å². The molecule has 1 aromatic carbocycles. The zero-order chi connectivity index (χ0) is 13.0. The van der Waals surface area contributed by atoms with Crippen LogP contribution in [0.5, 0.6) is 5.75 Å². The molecule has 0 bridgehead atoms. The van der Waals surface area contributed by atoms with Crippen molar-refractivity contribution >= 4 is 17.4 Å². The zero-order valence-electron chi connectivity index (χ0n) is 10.1. The fourth-order valence-electron chi connectivity index (χ4n) is 2.01. The Balaban J connectivity index is 1.94. The number of nitrogens with one attached hydrogen (secondary N) is 1. The highest BCUT2D eigenvalue weighted by Gasteiger charge is 2.15. The molecule has 1 aliphatic heterocycles. The molecular formula is C13H17ClN2O2. The highest BCUT2D eigenvalue weighted by Crippen LogP contribution is 2.24. The van der Waals surface area contributed by atoms with Crippen LogP contribution in [-0.2, 0) is 4.74 Å². The monoisotopic (exact) mass is 268 g/mol. The molecule has 1 aliphatic rings. The molecule has 1 saturated heterocycles. The van der Waals surface area contributed by atoms with Crippen molar-refractivity contribution < 1.29 is 9.47 Å². The predicted molar refractivity (Wildman–Crippen MR) is 71.6 cm³/mol. The Hall–Kier alpha value is -1.26. The molecule has 3 N–H and O–H groups in total. The third kappa shape index (κ3) is 3.37. The minimum absolute atomic E-state index is 0.0150. The van der Waals surface area contributed by atoms with Crippen LogP contribution in [-0.4, -0.2) is 25.2 Å². The maximum Gasteiger partial charge on any atom is 0.131 e. The van der Waals surface area contributed by atoms with Gasteiger partial charge in [0.15, 0.2) is 0 Å². The number of ether oxygens (including phenoxy) is 2. The molecule has 1 fully saturated rings. The lowest BCUT2D eigenvalue weighted by atomic mass is 10.2. The Morgan fingerprint density at radius 3 is 3.06 bits per heavy atom. The summed E-state index contributed by atoms with van der Waals surface area (Å²) in [5.74, 6) is 0.548. The number of nitrogen functional groups attached to an aromatic ring is 1. The third-order valence-corrected chi connectivity index (χ3v) is 3.19. The summed E-state index contributed by atoms with van der Waals surface area (Å²) in [7, 11) is 0. The van der Waals surface area contributed by atoms with Crippen molar-refractivity contribution in [2.24, 2.45) is 5.73 Å². The summed E-state index contributed by atoms with van der Waals surface area (Å²) in [6.07, 6.45) is 3.37. The van der Waals surface area contributed by atoms with Gasteiger partial charge in [-0.05, 0) is 31.0 Å². The van der Waals surface area contributed by atoms with Gasteiger partial charge in [0.25, 0.3) is 0 Å². The van der Waals surface area contributed by atoms with Crippen molar-refractivity contribution in [3.05, 3.63) is 28.8 Å². The van der Waals surface area contributed by atoms with Gasteiger partial charge in [-0.25, -0.2) is 0 Å². The molecule has 4 nitrogen and oxygen atoms in total. The van der Waals surface area contributed by atoms with Gasteiger partial charge in [0.1, 0.15) is 11.6 Å². The summed E-state index contributed by atoms with van der Waals surface area (Å²) in [6.45, 7) is 1.39. The van der Waals surface area contributed by atoms with E-state index in [0.29, 0.717) is 29.0 Å². The summed E-state index contributed by atoms with van der Waals surface area (Å²) < 4.78 is 11.2. The maximum atomic E-state index is 7.48. The lowest BCUT2D eigenvalue weighted by Crippen LogP contribution is -2.15. The zero-order valence-corrected chi connectivity index (χ0v) is 10.9. The molecule has 0 amide bonds. The van der Waals surface area contributed by atoms with Crippen LogP contribution in [0.25, 0.3) is 0 Å². The largest absolute Gasteiger partial charge is 0.493 e. The first-order valence-electron chi connectivity index (χ1n) is 6.05. The van der Waals surface area contributed by atoms with Crippen molar-refractivity contribution in [2.75, 3.05) is 13.2 Å². The average molecular weight is 269 g/mol. The third-order valence-electron chi connectivity index (χ3n) is 2.96. The lowest BCUT2D eigenvalue weighted by Gasteiger charge is -2.13. The molecular weight excluding hydrogens is 252 g/mol.